The first-order valence-corrected chi connectivity index (χ1v) is 4.94. The summed E-state index contributed by atoms with van der Waals surface area (Å²) < 4.78 is 0.497. The van der Waals surface area contributed by atoms with E-state index in [9.17, 15) is 5.11 Å². The molecule has 1 aromatic heterocycles. The number of aromatic amines is 2. The van der Waals surface area contributed by atoms with Gasteiger partial charge >= 0.3 is 0 Å². The van der Waals surface area contributed by atoms with Gasteiger partial charge in [-0.3, -0.25) is 5.10 Å². The number of aryl methyl sites for hydroxylation is 2. The summed E-state index contributed by atoms with van der Waals surface area (Å²) >= 11 is 4.92. The molecule has 4 nitrogen and oxygen atoms in total. The smallest absolute Gasteiger partial charge is 0.192 e. The topological polar surface area (TPSA) is 64.7 Å². The van der Waals surface area contributed by atoms with Gasteiger partial charge in [0.05, 0.1) is 0 Å². The van der Waals surface area contributed by atoms with Crippen molar-refractivity contribution in [2.45, 2.75) is 13.8 Å². The number of aromatic nitrogens is 3. The molecule has 0 saturated heterocycles. The molecule has 0 unspecified atom stereocenters. The Morgan fingerprint density at radius 3 is 2.33 bits per heavy atom. The minimum Gasteiger partial charge on any atom is -0.508 e. The first-order valence-electron chi connectivity index (χ1n) is 4.53. The number of H-pyrrole nitrogens is 2. The molecule has 2 rings (SSSR count). The molecule has 0 spiro atoms. The van der Waals surface area contributed by atoms with E-state index >= 15 is 0 Å². The standard InChI is InChI=1S/C10H11N3OS/c1-5-3-7(14)4-6(2)8(5)9-11-10(15)13-12-9/h3-4,14H,1-2H3,(H2,11,12,13,15). The highest BCUT2D eigenvalue weighted by atomic mass is 32.1. The fourth-order valence-corrected chi connectivity index (χ4v) is 1.85. The third kappa shape index (κ3) is 1.78. The van der Waals surface area contributed by atoms with Gasteiger partial charge < -0.3 is 10.1 Å². The van der Waals surface area contributed by atoms with Gasteiger partial charge in [0, 0.05) is 5.56 Å². The fourth-order valence-electron chi connectivity index (χ4n) is 1.70. The highest BCUT2D eigenvalue weighted by Gasteiger charge is 2.09. The van der Waals surface area contributed by atoms with Crippen LogP contribution in [0.25, 0.3) is 11.4 Å². The summed E-state index contributed by atoms with van der Waals surface area (Å²) in [5, 5.41) is 16.2. The molecule has 0 saturated carbocycles. The van der Waals surface area contributed by atoms with Crippen LogP contribution in [0.5, 0.6) is 5.75 Å². The number of phenolic OH excluding ortho intramolecular Hbond substituents is 1. The average molecular weight is 221 g/mol. The van der Waals surface area contributed by atoms with E-state index in [0.29, 0.717) is 10.6 Å². The number of hydrogen-bond donors (Lipinski definition) is 3. The summed E-state index contributed by atoms with van der Waals surface area (Å²) in [6, 6.07) is 3.40. The number of phenols is 1. The zero-order chi connectivity index (χ0) is 11.0. The van der Waals surface area contributed by atoms with Gasteiger partial charge in [-0.1, -0.05) is 0 Å². The second-order valence-electron chi connectivity index (χ2n) is 3.48. The van der Waals surface area contributed by atoms with E-state index in [4.69, 9.17) is 12.2 Å². The minimum atomic E-state index is 0.267. The van der Waals surface area contributed by atoms with Gasteiger partial charge in [0.15, 0.2) is 10.6 Å². The van der Waals surface area contributed by atoms with Gasteiger partial charge in [-0.05, 0) is 49.3 Å². The van der Waals surface area contributed by atoms with Gasteiger partial charge in [-0.2, -0.15) is 5.10 Å². The summed E-state index contributed by atoms with van der Waals surface area (Å²) in [6.07, 6.45) is 0. The molecule has 0 amide bonds. The van der Waals surface area contributed by atoms with Crippen molar-refractivity contribution in [2.75, 3.05) is 0 Å². The molecule has 0 aliphatic carbocycles. The number of rotatable bonds is 1. The van der Waals surface area contributed by atoms with Crippen molar-refractivity contribution in [3.8, 4) is 17.1 Å². The summed E-state index contributed by atoms with van der Waals surface area (Å²) in [5.41, 5.74) is 2.90. The lowest BCUT2D eigenvalue weighted by atomic mass is 10.0. The van der Waals surface area contributed by atoms with E-state index in [-0.39, 0.29) is 5.75 Å². The first kappa shape index (κ1) is 9.92. The third-order valence-corrected chi connectivity index (χ3v) is 2.45. The van der Waals surface area contributed by atoms with Crippen molar-refractivity contribution in [1.82, 2.24) is 15.2 Å². The van der Waals surface area contributed by atoms with Crippen LogP contribution in [0, 0.1) is 18.6 Å². The highest BCUT2D eigenvalue weighted by Crippen LogP contribution is 2.27. The molecule has 0 fully saturated rings. The molecule has 5 heteroatoms. The van der Waals surface area contributed by atoms with E-state index in [2.05, 4.69) is 15.2 Å². The van der Waals surface area contributed by atoms with Crippen molar-refractivity contribution in [1.29, 1.82) is 0 Å². The quantitative estimate of drug-likeness (QED) is 0.648. The second-order valence-corrected chi connectivity index (χ2v) is 3.89. The summed E-state index contributed by atoms with van der Waals surface area (Å²) in [6.45, 7) is 3.85. The monoisotopic (exact) mass is 221 g/mol. The lowest BCUT2D eigenvalue weighted by Crippen LogP contribution is -1.90. The van der Waals surface area contributed by atoms with Gasteiger partial charge in [0.2, 0.25) is 0 Å². The summed E-state index contributed by atoms with van der Waals surface area (Å²) in [4.78, 5) is 2.96. The Morgan fingerprint density at radius 2 is 1.87 bits per heavy atom. The van der Waals surface area contributed by atoms with Crippen molar-refractivity contribution in [3.05, 3.63) is 28.0 Å². The zero-order valence-electron chi connectivity index (χ0n) is 8.46. The number of nitrogens with zero attached hydrogens (tertiary/aromatic N) is 1. The Morgan fingerprint density at radius 1 is 1.27 bits per heavy atom. The Bertz CT molecular complexity index is 533. The maximum Gasteiger partial charge on any atom is 0.192 e. The maximum absolute atomic E-state index is 9.41. The molecule has 0 aliphatic heterocycles. The highest BCUT2D eigenvalue weighted by molar-refractivity contribution is 7.71. The molecule has 1 heterocycles. The number of nitrogens with one attached hydrogen (secondary N) is 2. The van der Waals surface area contributed by atoms with Gasteiger partial charge in [-0.25, -0.2) is 0 Å². The van der Waals surface area contributed by atoms with Crippen molar-refractivity contribution >= 4 is 12.2 Å². The molecular formula is C10H11N3OS. The summed E-state index contributed by atoms with van der Waals surface area (Å²) in [5.74, 6) is 0.970. The summed E-state index contributed by atoms with van der Waals surface area (Å²) in [7, 11) is 0. The molecule has 2 aromatic rings. The Hall–Kier alpha value is -1.62. The molecule has 15 heavy (non-hydrogen) atoms. The van der Waals surface area contributed by atoms with E-state index in [1.165, 1.54) is 0 Å². The molecule has 0 aliphatic rings. The number of hydrogen-bond acceptors (Lipinski definition) is 3. The van der Waals surface area contributed by atoms with E-state index in [0.717, 1.165) is 16.7 Å². The third-order valence-electron chi connectivity index (χ3n) is 2.26. The van der Waals surface area contributed by atoms with E-state index in [1.54, 1.807) is 12.1 Å². The van der Waals surface area contributed by atoms with Crippen LogP contribution < -0.4 is 0 Å². The lowest BCUT2D eigenvalue weighted by molar-refractivity contribution is 0.474. The van der Waals surface area contributed by atoms with Gasteiger partial charge in [0.1, 0.15) is 5.75 Å². The molecule has 3 N–H and O–H groups in total. The molecular weight excluding hydrogens is 210 g/mol. The average Bonchev–Trinajstić information content (AvgIpc) is 2.49. The normalized spacial score (nSPS) is 10.5. The van der Waals surface area contributed by atoms with E-state index in [1.807, 2.05) is 13.8 Å². The van der Waals surface area contributed by atoms with Crippen LogP contribution in [0.4, 0.5) is 0 Å². The predicted octanol–water partition coefficient (Wildman–Crippen LogP) is 2.46. The predicted molar refractivity (Wildman–Crippen MR) is 60.3 cm³/mol. The first-order chi connectivity index (χ1) is 7.08. The SMILES string of the molecule is Cc1cc(O)cc(C)c1-c1n[nH]c(=S)[nH]1. The Labute approximate surface area is 92.0 Å². The van der Waals surface area contributed by atoms with Crippen LogP contribution in [0.3, 0.4) is 0 Å². The fraction of sp³-hybridized carbons (Fsp3) is 0.200. The van der Waals surface area contributed by atoms with Crippen LogP contribution >= 0.6 is 12.2 Å². The zero-order valence-corrected chi connectivity index (χ0v) is 9.27. The van der Waals surface area contributed by atoms with Gasteiger partial charge in [-0.15, -0.1) is 0 Å². The molecule has 78 valence electrons. The van der Waals surface area contributed by atoms with Crippen molar-refractivity contribution < 1.29 is 5.11 Å². The maximum atomic E-state index is 9.41. The Kier molecular flexibility index (Phi) is 2.32. The van der Waals surface area contributed by atoms with Crippen LogP contribution in [-0.2, 0) is 0 Å². The van der Waals surface area contributed by atoms with Crippen molar-refractivity contribution in [2.24, 2.45) is 0 Å². The number of aromatic hydroxyl groups is 1. The second kappa shape index (κ2) is 3.51. The molecule has 1 aromatic carbocycles. The lowest BCUT2D eigenvalue weighted by Gasteiger charge is -2.06. The largest absolute Gasteiger partial charge is 0.508 e. The molecule has 0 bridgehead atoms. The molecule has 0 radical (unpaired) electrons. The minimum absolute atomic E-state index is 0.267. The van der Waals surface area contributed by atoms with Crippen LogP contribution in [0.1, 0.15) is 11.1 Å². The van der Waals surface area contributed by atoms with E-state index < -0.39 is 0 Å². The van der Waals surface area contributed by atoms with Crippen LogP contribution in [0.2, 0.25) is 0 Å². The molecule has 0 atom stereocenters. The van der Waals surface area contributed by atoms with Gasteiger partial charge in [0.25, 0.3) is 0 Å². The Balaban J connectivity index is 2.67. The van der Waals surface area contributed by atoms with Crippen LogP contribution in [-0.4, -0.2) is 20.3 Å². The van der Waals surface area contributed by atoms with Crippen LogP contribution in [0.15, 0.2) is 12.1 Å². The number of benzene rings is 1. The van der Waals surface area contributed by atoms with Crippen molar-refractivity contribution in [3.63, 3.8) is 0 Å².